The van der Waals surface area contributed by atoms with E-state index in [4.69, 9.17) is 26.4 Å². The SMILES string of the molecule is CCOCCOc1ccc(C(=O)NC(=S)NNC(=O)COc2ccccc2C(C)C)cc1. The fourth-order valence-corrected chi connectivity index (χ4v) is 2.81. The summed E-state index contributed by atoms with van der Waals surface area (Å²) in [5.74, 6) is 0.700. The summed E-state index contributed by atoms with van der Waals surface area (Å²) in [5, 5.41) is 2.45. The Morgan fingerprint density at radius 2 is 1.69 bits per heavy atom. The highest BCUT2D eigenvalue weighted by Crippen LogP contribution is 2.25. The molecule has 8 nitrogen and oxygen atoms in total. The van der Waals surface area contributed by atoms with Gasteiger partial charge in [-0.25, -0.2) is 0 Å². The standard InChI is InChI=1S/C23H29N3O5S/c1-4-29-13-14-30-18-11-9-17(10-12-18)22(28)24-23(32)26-25-21(27)15-31-20-8-6-5-7-19(20)16(2)3/h5-12,16H,4,13-15H2,1-3H3,(H,25,27)(H2,24,26,28,32). The van der Waals surface area contributed by atoms with Crippen LogP contribution >= 0.6 is 12.2 Å². The van der Waals surface area contributed by atoms with E-state index in [0.717, 1.165) is 5.56 Å². The van der Waals surface area contributed by atoms with Crippen LogP contribution in [0.3, 0.4) is 0 Å². The Kier molecular flexibility index (Phi) is 10.4. The normalized spacial score (nSPS) is 10.4. The van der Waals surface area contributed by atoms with Crippen molar-refractivity contribution in [2.75, 3.05) is 26.4 Å². The van der Waals surface area contributed by atoms with Gasteiger partial charge in [0.15, 0.2) is 11.7 Å². The minimum absolute atomic E-state index is 0.0389. The number of hydrogen-bond acceptors (Lipinski definition) is 6. The Morgan fingerprint density at radius 1 is 0.969 bits per heavy atom. The van der Waals surface area contributed by atoms with Crippen LogP contribution in [0.2, 0.25) is 0 Å². The van der Waals surface area contributed by atoms with Crippen molar-refractivity contribution in [2.45, 2.75) is 26.7 Å². The van der Waals surface area contributed by atoms with Crippen LogP contribution in [0.5, 0.6) is 11.5 Å². The number of carbonyl (C=O) groups is 2. The van der Waals surface area contributed by atoms with E-state index in [9.17, 15) is 9.59 Å². The van der Waals surface area contributed by atoms with Crippen LogP contribution in [0.25, 0.3) is 0 Å². The maximum absolute atomic E-state index is 12.3. The van der Waals surface area contributed by atoms with E-state index in [1.165, 1.54) is 0 Å². The van der Waals surface area contributed by atoms with Gasteiger partial charge in [0.05, 0.1) is 6.61 Å². The third-order valence-corrected chi connectivity index (χ3v) is 4.46. The van der Waals surface area contributed by atoms with Gasteiger partial charge < -0.3 is 14.2 Å². The molecule has 0 aliphatic rings. The van der Waals surface area contributed by atoms with Crippen LogP contribution in [-0.2, 0) is 9.53 Å². The molecule has 0 atom stereocenters. The first-order chi connectivity index (χ1) is 15.4. The highest BCUT2D eigenvalue weighted by atomic mass is 32.1. The Hall–Kier alpha value is -3.17. The smallest absolute Gasteiger partial charge is 0.276 e. The van der Waals surface area contributed by atoms with Crippen molar-refractivity contribution in [3.63, 3.8) is 0 Å². The third-order valence-electron chi connectivity index (χ3n) is 4.26. The van der Waals surface area contributed by atoms with Gasteiger partial charge in [0.25, 0.3) is 11.8 Å². The fraction of sp³-hybridized carbons (Fsp3) is 0.348. The van der Waals surface area contributed by atoms with Crippen LogP contribution in [0.15, 0.2) is 48.5 Å². The van der Waals surface area contributed by atoms with Crippen molar-refractivity contribution in [2.24, 2.45) is 0 Å². The van der Waals surface area contributed by atoms with Crippen LogP contribution in [0.4, 0.5) is 0 Å². The Balaban J connectivity index is 1.73. The number of thiocarbonyl (C=S) groups is 1. The largest absolute Gasteiger partial charge is 0.491 e. The number of carbonyl (C=O) groups excluding carboxylic acids is 2. The van der Waals surface area contributed by atoms with Crippen molar-refractivity contribution in [3.8, 4) is 11.5 Å². The molecule has 2 aromatic rings. The van der Waals surface area contributed by atoms with Crippen molar-refractivity contribution in [3.05, 3.63) is 59.7 Å². The second-order valence-corrected chi connectivity index (χ2v) is 7.42. The first kappa shape index (κ1) is 25.1. The molecule has 0 bridgehead atoms. The molecule has 2 rings (SSSR count). The maximum Gasteiger partial charge on any atom is 0.276 e. The average Bonchev–Trinajstić information content (AvgIpc) is 2.79. The first-order valence-corrected chi connectivity index (χ1v) is 10.7. The molecule has 2 amide bonds. The topological polar surface area (TPSA) is 97.9 Å². The quantitative estimate of drug-likeness (QED) is 0.285. The summed E-state index contributed by atoms with van der Waals surface area (Å²) in [6, 6.07) is 14.2. The summed E-state index contributed by atoms with van der Waals surface area (Å²) in [7, 11) is 0. The molecule has 0 radical (unpaired) electrons. The highest BCUT2D eigenvalue weighted by molar-refractivity contribution is 7.80. The second kappa shape index (κ2) is 13.3. The summed E-state index contributed by atoms with van der Waals surface area (Å²) in [4.78, 5) is 24.3. The number of ether oxygens (including phenoxy) is 3. The maximum atomic E-state index is 12.3. The Morgan fingerprint density at radius 3 is 2.38 bits per heavy atom. The van der Waals surface area contributed by atoms with Gasteiger partial charge >= 0.3 is 0 Å². The molecule has 0 saturated heterocycles. The lowest BCUT2D eigenvalue weighted by molar-refractivity contribution is -0.123. The van der Waals surface area contributed by atoms with E-state index < -0.39 is 11.8 Å². The molecule has 3 N–H and O–H groups in total. The molecule has 0 aliphatic carbocycles. The molecule has 0 heterocycles. The summed E-state index contributed by atoms with van der Waals surface area (Å²) in [5.41, 5.74) is 6.30. The van der Waals surface area contributed by atoms with Crippen LogP contribution in [0.1, 0.15) is 42.6 Å². The van der Waals surface area contributed by atoms with Gasteiger partial charge in [0, 0.05) is 12.2 Å². The van der Waals surface area contributed by atoms with E-state index in [-0.39, 0.29) is 17.6 Å². The van der Waals surface area contributed by atoms with Gasteiger partial charge in [-0.3, -0.25) is 25.8 Å². The summed E-state index contributed by atoms with van der Waals surface area (Å²) in [6.45, 7) is 7.38. The number of rotatable bonds is 10. The second-order valence-electron chi connectivity index (χ2n) is 7.01. The van der Waals surface area contributed by atoms with Gasteiger partial charge in [-0.05, 0) is 61.0 Å². The van der Waals surface area contributed by atoms with Crippen LogP contribution < -0.4 is 25.6 Å². The lowest BCUT2D eigenvalue weighted by atomic mass is 10.0. The van der Waals surface area contributed by atoms with Crippen molar-refractivity contribution < 1.29 is 23.8 Å². The zero-order chi connectivity index (χ0) is 23.3. The average molecular weight is 460 g/mol. The van der Waals surface area contributed by atoms with E-state index in [2.05, 4.69) is 16.2 Å². The highest BCUT2D eigenvalue weighted by Gasteiger charge is 2.11. The van der Waals surface area contributed by atoms with Gasteiger partial charge in [-0.2, -0.15) is 0 Å². The minimum atomic E-state index is -0.436. The zero-order valence-electron chi connectivity index (χ0n) is 18.5. The molecular formula is C23H29N3O5S. The fourth-order valence-electron chi connectivity index (χ4n) is 2.67. The van der Waals surface area contributed by atoms with Gasteiger partial charge in [-0.15, -0.1) is 0 Å². The van der Waals surface area contributed by atoms with Crippen molar-refractivity contribution in [1.82, 2.24) is 16.2 Å². The number of hydrazine groups is 1. The molecule has 0 fully saturated rings. The molecule has 172 valence electrons. The van der Waals surface area contributed by atoms with Crippen molar-refractivity contribution in [1.29, 1.82) is 0 Å². The zero-order valence-corrected chi connectivity index (χ0v) is 19.3. The number of hydrogen-bond donors (Lipinski definition) is 3. The lowest BCUT2D eigenvalue weighted by Crippen LogP contribution is -2.49. The molecule has 0 unspecified atom stereocenters. The van der Waals surface area contributed by atoms with Gasteiger partial charge in [-0.1, -0.05) is 32.0 Å². The number of amides is 2. The van der Waals surface area contributed by atoms with Gasteiger partial charge in [0.1, 0.15) is 18.1 Å². The monoisotopic (exact) mass is 459 g/mol. The molecular weight excluding hydrogens is 430 g/mol. The lowest BCUT2D eigenvalue weighted by Gasteiger charge is -2.14. The minimum Gasteiger partial charge on any atom is -0.491 e. The summed E-state index contributed by atoms with van der Waals surface area (Å²) in [6.07, 6.45) is 0. The third kappa shape index (κ3) is 8.52. The van der Waals surface area contributed by atoms with Crippen LogP contribution in [-0.4, -0.2) is 43.4 Å². The first-order valence-electron chi connectivity index (χ1n) is 10.3. The summed E-state index contributed by atoms with van der Waals surface area (Å²) < 4.78 is 16.3. The molecule has 9 heteroatoms. The molecule has 2 aromatic carbocycles. The molecule has 32 heavy (non-hydrogen) atoms. The molecule has 0 aliphatic heterocycles. The van der Waals surface area contributed by atoms with E-state index in [0.29, 0.717) is 36.9 Å². The predicted octanol–water partition coefficient (Wildman–Crippen LogP) is 2.94. The van der Waals surface area contributed by atoms with Crippen molar-refractivity contribution >= 4 is 29.1 Å². The number of nitrogens with one attached hydrogen (secondary N) is 3. The van der Waals surface area contributed by atoms with Crippen LogP contribution in [0, 0.1) is 0 Å². The van der Waals surface area contributed by atoms with Gasteiger partial charge in [0.2, 0.25) is 0 Å². The number of para-hydroxylation sites is 1. The molecule has 0 aromatic heterocycles. The van der Waals surface area contributed by atoms with E-state index in [1.54, 1.807) is 24.3 Å². The van der Waals surface area contributed by atoms with E-state index >= 15 is 0 Å². The molecule has 0 spiro atoms. The molecule has 0 saturated carbocycles. The van der Waals surface area contributed by atoms with E-state index in [1.807, 2.05) is 45.0 Å². The Labute approximate surface area is 193 Å². The number of benzene rings is 2. The summed E-state index contributed by atoms with van der Waals surface area (Å²) >= 11 is 5.05. The predicted molar refractivity (Wildman–Crippen MR) is 126 cm³/mol. The Bertz CT molecular complexity index is 903.